The highest BCUT2D eigenvalue weighted by Gasteiger charge is 2.20. The molecule has 0 spiro atoms. The van der Waals surface area contributed by atoms with Crippen molar-refractivity contribution in [2.45, 2.75) is 99.3 Å². The Labute approximate surface area is 196 Å². The van der Waals surface area contributed by atoms with Crippen LogP contribution in [0.25, 0.3) is 0 Å². The maximum absolute atomic E-state index is 12.8. The fraction of sp³-hybridized carbons (Fsp3) is 0.714. The van der Waals surface area contributed by atoms with E-state index in [1.807, 2.05) is 6.07 Å². The summed E-state index contributed by atoms with van der Waals surface area (Å²) in [7, 11) is 0. The molecule has 1 aromatic carbocycles. The minimum Gasteiger partial charge on any atom is -0.462 e. The number of unbranched alkanes of at least 4 members (excludes halogenated alkanes) is 4. The van der Waals surface area contributed by atoms with Crippen LogP contribution in [-0.2, 0) is 15.9 Å². The SMILES string of the molecule is CC(C)CCCCCOC(=O)c1ccc(CC(C)C)cc1C(=O)OCCCCCC(C)C. The molecule has 182 valence electrons. The Morgan fingerprint density at radius 2 is 1.16 bits per heavy atom. The second-order valence-electron chi connectivity index (χ2n) is 10.2. The number of hydrogen-bond acceptors (Lipinski definition) is 4. The van der Waals surface area contributed by atoms with Crippen LogP contribution >= 0.6 is 0 Å². The summed E-state index contributed by atoms with van der Waals surface area (Å²) in [4.78, 5) is 25.5. The van der Waals surface area contributed by atoms with Crippen molar-refractivity contribution in [3.63, 3.8) is 0 Å². The molecule has 1 aromatic rings. The van der Waals surface area contributed by atoms with Gasteiger partial charge in [-0.05, 0) is 54.7 Å². The van der Waals surface area contributed by atoms with E-state index in [1.165, 1.54) is 12.8 Å². The van der Waals surface area contributed by atoms with Gasteiger partial charge in [-0.2, -0.15) is 0 Å². The van der Waals surface area contributed by atoms with Crippen LogP contribution in [0.4, 0.5) is 0 Å². The molecule has 0 aromatic heterocycles. The fourth-order valence-corrected chi connectivity index (χ4v) is 3.68. The van der Waals surface area contributed by atoms with Gasteiger partial charge in [0.25, 0.3) is 0 Å². The third-order valence-electron chi connectivity index (χ3n) is 5.49. The summed E-state index contributed by atoms with van der Waals surface area (Å²) in [6.07, 6.45) is 9.31. The number of rotatable bonds is 16. The van der Waals surface area contributed by atoms with E-state index in [1.54, 1.807) is 12.1 Å². The predicted octanol–water partition coefficient (Wildman–Crippen LogP) is 7.63. The average Bonchev–Trinajstić information content (AvgIpc) is 2.71. The standard InChI is InChI=1S/C28H46O4/c1-21(2)13-9-7-11-17-31-27(29)25-16-15-24(19-23(5)6)20-26(25)28(30)32-18-12-8-10-14-22(3)4/h15-16,20-23H,7-14,17-19H2,1-6H3. The summed E-state index contributed by atoms with van der Waals surface area (Å²) < 4.78 is 11.0. The van der Waals surface area contributed by atoms with Crippen molar-refractivity contribution in [3.05, 3.63) is 34.9 Å². The Bertz CT molecular complexity index is 676. The number of esters is 2. The Kier molecular flexibility index (Phi) is 14.0. The smallest absolute Gasteiger partial charge is 0.339 e. The Morgan fingerprint density at radius 1 is 0.656 bits per heavy atom. The predicted molar refractivity (Wildman–Crippen MR) is 132 cm³/mol. The van der Waals surface area contributed by atoms with Crippen molar-refractivity contribution < 1.29 is 19.1 Å². The molecule has 4 heteroatoms. The third-order valence-corrected chi connectivity index (χ3v) is 5.49. The number of hydrogen-bond donors (Lipinski definition) is 0. The van der Waals surface area contributed by atoms with Crippen LogP contribution in [0, 0.1) is 17.8 Å². The zero-order valence-corrected chi connectivity index (χ0v) is 21.4. The van der Waals surface area contributed by atoms with E-state index in [0.717, 1.165) is 50.5 Å². The summed E-state index contributed by atoms with van der Waals surface area (Å²) in [5.41, 5.74) is 1.67. The number of benzene rings is 1. The summed E-state index contributed by atoms with van der Waals surface area (Å²) in [5, 5.41) is 0. The highest BCUT2D eigenvalue weighted by atomic mass is 16.5. The fourth-order valence-electron chi connectivity index (χ4n) is 3.68. The number of carbonyl (C=O) groups excluding carboxylic acids is 2. The first-order chi connectivity index (χ1) is 15.2. The van der Waals surface area contributed by atoms with Crippen LogP contribution in [0.3, 0.4) is 0 Å². The van der Waals surface area contributed by atoms with Gasteiger partial charge in [-0.1, -0.05) is 86.1 Å². The number of ether oxygens (including phenoxy) is 2. The van der Waals surface area contributed by atoms with Crippen LogP contribution in [-0.4, -0.2) is 25.2 Å². The summed E-state index contributed by atoms with van der Waals surface area (Å²) >= 11 is 0. The highest BCUT2D eigenvalue weighted by Crippen LogP contribution is 2.19. The minimum atomic E-state index is -0.436. The molecule has 0 radical (unpaired) electrons. The van der Waals surface area contributed by atoms with Crippen LogP contribution in [0.1, 0.15) is 119 Å². The molecule has 0 fully saturated rings. The highest BCUT2D eigenvalue weighted by molar-refractivity contribution is 6.03. The molecule has 0 aliphatic carbocycles. The van der Waals surface area contributed by atoms with E-state index in [2.05, 4.69) is 41.5 Å². The molecule has 0 aliphatic rings. The molecule has 0 N–H and O–H groups in total. The molecular weight excluding hydrogens is 400 g/mol. The molecule has 0 aliphatic heterocycles. The van der Waals surface area contributed by atoms with Gasteiger partial charge in [-0.25, -0.2) is 9.59 Å². The number of carbonyl (C=O) groups is 2. The van der Waals surface area contributed by atoms with Crippen LogP contribution in [0.5, 0.6) is 0 Å². The van der Waals surface area contributed by atoms with Crippen molar-refractivity contribution in [1.82, 2.24) is 0 Å². The lowest BCUT2D eigenvalue weighted by Crippen LogP contribution is -2.16. The monoisotopic (exact) mass is 446 g/mol. The van der Waals surface area contributed by atoms with Crippen LogP contribution in [0.15, 0.2) is 18.2 Å². The van der Waals surface area contributed by atoms with Crippen molar-refractivity contribution >= 4 is 11.9 Å². The first-order valence-electron chi connectivity index (χ1n) is 12.7. The molecule has 1 rings (SSSR count). The first-order valence-corrected chi connectivity index (χ1v) is 12.7. The summed E-state index contributed by atoms with van der Waals surface area (Å²) in [5.74, 6) is 0.997. The Hall–Kier alpha value is -1.84. The Balaban J connectivity index is 2.68. The van der Waals surface area contributed by atoms with Gasteiger partial charge in [-0.3, -0.25) is 0 Å². The van der Waals surface area contributed by atoms with Crippen molar-refractivity contribution in [2.24, 2.45) is 17.8 Å². The minimum absolute atomic E-state index is 0.310. The topological polar surface area (TPSA) is 52.6 Å². The van der Waals surface area contributed by atoms with Crippen molar-refractivity contribution in [3.8, 4) is 0 Å². The Morgan fingerprint density at radius 3 is 1.62 bits per heavy atom. The maximum atomic E-state index is 12.8. The lowest BCUT2D eigenvalue weighted by atomic mass is 9.98. The largest absolute Gasteiger partial charge is 0.462 e. The van der Waals surface area contributed by atoms with Gasteiger partial charge in [0.1, 0.15) is 0 Å². The molecule has 32 heavy (non-hydrogen) atoms. The van der Waals surface area contributed by atoms with Gasteiger partial charge < -0.3 is 9.47 Å². The van der Waals surface area contributed by atoms with Crippen molar-refractivity contribution in [1.29, 1.82) is 0 Å². The molecule has 4 nitrogen and oxygen atoms in total. The molecule has 0 heterocycles. The molecule has 0 atom stereocenters. The van der Waals surface area contributed by atoms with E-state index in [4.69, 9.17) is 9.47 Å². The second-order valence-corrected chi connectivity index (χ2v) is 10.2. The van der Waals surface area contributed by atoms with Gasteiger partial charge in [0.15, 0.2) is 0 Å². The van der Waals surface area contributed by atoms with Gasteiger partial charge in [0.05, 0.1) is 24.3 Å². The quantitative estimate of drug-likeness (QED) is 0.193. The van der Waals surface area contributed by atoms with E-state index in [-0.39, 0.29) is 0 Å². The third kappa shape index (κ3) is 12.3. The molecule has 0 saturated heterocycles. The molecule has 0 saturated carbocycles. The lowest BCUT2D eigenvalue weighted by Gasteiger charge is -2.13. The average molecular weight is 447 g/mol. The zero-order valence-electron chi connectivity index (χ0n) is 21.4. The van der Waals surface area contributed by atoms with E-state index in [0.29, 0.717) is 42.1 Å². The maximum Gasteiger partial charge on any atom is 0.339 e. The van der Waals surface area contributed by atoms with Gasteiger partial charge in [-0.15, -0.1) is 0 Å². The van der Waals surface area contributed by atoms with E-state index in [9.17, 15) is 9.59 Å². The molecular formula is C28H46O4. The zero-order chi connectivity index (χ0) is 23.9. The van der Waals surface area contributed by atoms with Crippen LogP contribution in [0.2, 0.25) is 0 Å². The lowest BCUT2D eigenvalue weighted by molar-refractivity contribution is 0.0450. The summed E-state index contributed by atoms with van der Waals surface area (Å²) in [6.45, 7) is 13.9. The van der Waals surface area contributed by atoms with E-state index >= 15 is 0 Å². The molecule has 0 unspecified atom stereocenters. The first kappa shape index (κ1) is 28.2. The van der Waals surface area contributed by atoms with Crippen LogP contribution < -0.4 is 0 Å². The van der Waals surface area contributed by atoms with Gasteiger partial charge in [0.2, 0.25) is 0 Å². The molecule has 0 amide bonds. The summed E-state index contributed by atoms with van der Waals surface area (Å²) in [6, 6.07) is 5.44. The van der Waals surface area contributed by atoms with Crippen molar-refractivity contribution in [2.75, 3.05) is 13.2 Å². The van der Waals surface area contributed by atoms with Gasteiger partial charge >= 0.3 is 11.9 Å². The van der Waals surface area contributed by atoms with E-state index < -0.39 is 11.9 Å². The molecule has 0 bridgehead atoms. The second kappa shape index (κ2) is 15.9. The van der Waals surface area contributed by atoms with Gasteiger partial charge in [0, 0.05) is 0 Å². The normalized spacial score (nSPS) is 11.4.